The van der Waals surface area contributed by atoms with Gasteiger partial charge < -0.3 is 20.1 Å². The molecule has 4 nitrogen and oxygen atoms in total. The molecule has 0 aliphatic heterocycles. The van der Waals surface area contributed by atoms with E-state index in [9.17, 15) is 8.78 Å². The van der Waals surface area contributed by atoms with Crippen LogP contribution in [0.2, 0.25) is 0 Å². The van der Waals surface area contributed by atoms with Gasteiger partial charge in [-0.2, -0.15) is 0 Å². The van der Waals surface area contributed by atoms with E-state index in [0.717, 1.165) is 12.1 Å². The maximum absolute atomic E-state index is 13.2. The van der Waals surface area contributed by atoms with Crippen molar-refractivity contribution in [3.05, 3.63) is 29.3 Å². The molecule has 0 bridgehead atoms. The normalized spacial score (nSPS) is 12.6. The molecule has 3 N–H and O–H groups in total. The summed E-state index contributed by atoms with van der Waals surface area (Å²) < 4.78 is 31.1. The first kappa shape index (κ1) is 12.8. The van der Waals surface area contributed by atoms with E-state index in [-0.39, 0.29) is 5.56 Å². The number of rotatable bonds is 5. The van der Waals surface area contributed by atoms with Crippen LogP contribution < -0.4 is 4.74 Å². The van der Waals surface area contributed by atoms with Crippen molar-refractivity contribution in [3.8, 4) is 5.75 Å². The first-order chi connectivity index (χ1) is 7.58. The lowest BCUT2D eigenvalue weighted by molar-refractivity contribution is 0.0509. The van der Waals surface area contributed by atoms with Crippen LogP contribution in [0.5, 0.6) is 5.75 Å². The average molecular weight is 234 g/mol. The van der Waals surface area contributed by atoms with Crippen molar-refractivity contribution in [2.45, 2.75) is 12.7 Å². The van der Waals surface area contributed by atoms with Crippen LogP contribution in [0.3, 0.4) is 0 Å². The van der Waals surface area contributed by atoms with Crippen molar-refractivity contribution >= 4 is 0 Å². The highest BCUT2D eigenvalue weighted by Crippen LogP contribution is 2.23. The number of benzene rings is 1. The second-order valence-electron chi connectivity index (χ2n) is 3.19. The minimum Gasteiger partial charge on any atom is -0.485 e. The predicted octanol–water partition coefficient (Wildman–Crippen LogP) is 0.189. The van der Waals surface area contributed by atoms with Crippen molar-refractivity contribution < 1.29 is 28.8 Å². The molecule has 6 heteroatoms. The average Bonchev–Trinajstić information content (AvgIpc) is 2.27. The summed E-state index contributed by atoms with van der Waals surface area (Å²) in [7, 11) is 0. The molecule has 16 heavy (non-hydrogen) atoms. The zero-order valence-electron chi connectivity index (χ0n) is 8.36. The second kappa shape index (κ2) is 5.74. The van der Waals surface area contributed by atoms with E-state index in [1.165, 1.54) is 0 Å². The van der Waals surface area contributed by atoms with Crippen molar-refractivity contribution in [2.75, 3.05) is 13.2 Å². The fraction of sp³-hybridized carbons (Fsp3) is 0.400. The van der Waals surface area contributed by atoms with Gasteiger partial charge in [0.15, 0.2) is 17.4 Å². The molecule has 1 unspecified atom stereocenters. The van der Waals surface area contributed by atoms with E-state index in [4.69, 9.17) is 15.3 Å². The zero-order valence-corrected chi connectivity index (χ0v) is 8.36. The Morgan fingerprint density at radius 1 is 1.19 bits per heavy atom. The number of hydrogen-bond donors (Lipinski definition) is 3. The summed E-state index contributed by atoms with van der Waals surface area (Å²) in [6, 6.07) is 1.87. The number of ether oxygens (including phenoxy) is 1. The summed E-state index contributed by atoms with van der Waals surface area (Å²) in [4.78, 5) is 0. The molecule has 0 aliphatic rings. The molecule has 1 atom stereocenters. The van der Waals surface area contributed by atoms with E-state index < -0.39 is 43.3 Å². The third-order valence-electron chi connectivity index (χ3n) is 1.87. The molecular formula is C10H12F2O4. The minimum absolute atomic E-state index is 0.0880. The van der Waals surface area contributed by atoms with Crippen molar-refractivity contribution in [1.82, 2.24) is 0 Å². The highest BCUT2D eigenvalue weighted by atomic mass is 19.1. The number of aliphatic hydroxyl groups excluding tert-OH is 3. The predicted molar refractivity (Wildman–Crippen MR) is 50.9 cm³/mol. The van der Waals surface area contributed by atoms with Crippen molar-refractivity contribution in [2.24, 2.45) is 0 Å². The molecule has 90 valence electrons. The van der Waals surface area contributed by atoms with Crippen LogP contribution in [0.25, 0.3) is 0 Å². The highest BCUT2D eigenvalue weighted by molar-refractivity contribution is 5.31. The molecule has 0 heterocycles. The van der Waals surface area contributed by atoms with Gasteiger partial charge in [0.2, 0.25) is 0 Å². The fourth-order valence-corrected chi connectivity index (χ4v) is 1.07. The number of halogens is 2. The van der Waals surface area contributed by atoms with E-state index in [1.807, 2.05) is 0 Å². The topological polar surface area (TPSA) is 69.9 Å². The Kier molecular flexibility index (Phi) is 4.60. The molecule has 0 amide bonds. The molecule has 0 saturated carbocycles. The van der Waals surface area contributed by atoms with E-state index >= 15 is 0 Å². The lowest BCUT2D eigenvalue weighted by Gasteiger charge is -2.11. The Labute approximate surface area is 90.7 Å². The number of aliphatic hydroxyl groups is 3. The van der Waals surface area contributed by atoms with Gasteiger partial charge in [-0.25, -0.2) is 8.78 Å². The van der Waals surface area contributed by atoms with Crippen LogP contribution in [0, 0.1) is 11.6 Å². The van der Waals surface area contributed by atoms with E-state index in [0.29, 0.717) is 0 Å². The van der Waals surface area contributed by atoms with Gasteiger partial charge in [-0.1, -0.05) is 0 Å². The first-order valence-corrected chi connectivity index (χ1v) is 4.59. The van der Waals surface area contributed by atoms with Crippen molar-refractivity contribution in [1.29, 1.82) is 0 Å². The SMILES string of the molecule is OCc1cc(F)c(OCC(O)CO)c(F)c1. The van der Waals surface area contributed by atoms with Gasteiger partial charge in [0.25, 0.3) is 0 Å². The lowest BCUT2D eigenvalue weighted by Crippen LogP contribution is -2.22. The maximum Gasteiger partial charge on any atom is 0.190 e. The summed E-state index contributed by atoms with van der Waals surface area (Å²) in [6.07, 6.45) is -1.20. The van der Waals surface area contributed by atoms with Crippen LogP contribution in [0.15, 0.2) is 12.1 Å². The summed E-state index contributed by atoms with van der Waals surface area (Å²) in [6.45, 7) is -1.45. The smallest absolute Gasteiger partial charge is 0.190 e. The summed E-state index contributed by atoms with van der Waals surface area (Å²) in [5, 5.41) is 26.1. The van der Waals surface area contributed by atoms with Gasteiger partial charge in [-0.05, 0) is 17.7 Å². The Bertz CT molecular complexity index is 334. The van der Waals surface area contributed by atoms with Gasteiger partial charge in [0.05, 0.1) is 13.2 Å². The number of hydrogen-bond acceptors (Lipinski definition) is 4. The third-order valence-corrected chi connectivity index (χ3v) is 1.87. The first-order valence-electron chi connectivity index (χ1n) is 4.59. The van der Waals surface area contributed by atoms with Gasteiger partial charge in [-0.15, -0.1) is 0 Å². The molecule has 0 radical (unpaired) electrons. The van der Waals surface area contributed by atoms with Gasteiger partial charge in [0, 0.05) is 0 Å². The van der Waals surface area contributed by atoms with Crippen LogP contribution >= 0.6 is 0 Å². The molecule has 0 spiro atoms. The quantitative estimate of drug-likeness (QED) is 0.680. The Morgan fingerprint density at radius 3 is 2.19 bits per heavy atom. The lowest BCUT2D eigenvalue weighted by atomic mass is 10.2. The molecule has 0 fully saturated rings. The highest BCUT2D eigenvalue weighted by Gasteiger charge is 2.14. The molecule has 0 aliphatic carbocycles. The zero-order chi connectivity index (χ0) is 12.1. The molecule has 0 saturated heterocycles. The monoisotopic (exact) mass is 234 g/mol. The maximum atomic E-state index is 13.2. The van der Waals surface area contributed by atoms with Gasteiger partial charge in [-0.3, -0.25) is 0 Å². The Morgan fingerprint density at radius 2 is 1.75 bits per heavy atom. The minimum atomic E-state index is -1.20. The Hall–Kier alpha value is -1.24. The summed E-state index contributed by atoms with van der Waals surface area (Å²) in [5.41, 5.74) is 0.0880. The van der Waals surface area contributed by atoms with E-state index in [2.05, 4.69) is 4.74 Å². The third kappa shape index (κ3) is 3.13. The largest absolute Gasteiger partial charge is 0.485 e. The molecule has 1 rings (SSSR count). The molecule has 1 aromatic rings. The second-order valence-corrected chi connectivity index (χ2v) is 3.19. The van der Waals surface area contributed by atoms with Crippen LogP contribution in [-0.4, -0.2) is 34.6 Å². The van der Waals surface area contributed by atoms with Crippen LogP contribution in [0.4, 0.5) is 8.78 Å². The van der Waals surface area contributed by atoms with Crippen LogP contribution in [-0.2, 0) is 6.61 Å². The molecule has 1 aromatic carbocycles. The molecule has 0 aromatic heterocycles. The fourth-order valence-electron chi connectivity index (χ4n) is 1.07. The van der Waals surface area contributed by atoms with Crippen molar-refractivity contribution in [3.63, 3.8) is 0 Å². The Balaban J connectivity index is 2.80. The van der Waals surface area contributed by atoms with Crippen LogP contribution in [0.1, 0.15) is 5.56 Å². The molecular weight excluding hydrogens is 222 g/mol. The summed E-state index contributed by atoms with van der Waals surface area (Å²) >= 11 is 0. The standard InChI is InChI=1S/C10H12F2O4/c11-8-1-6(3-13)2-9(12)10(8)16-5-7(15)4-14/h1-2,7,13-15H,3-5H2. The summed E-state index contributed by atoms with van der Waals surface area (Å²) in [5.74, 6) is -2.56. The van der Waals surface area contributed by atoms with Gasteiger partial charge >= 0.3 is 0 Å². The van der Waals surface area contributed by atoms with Gasteiger partial charge in [0.1, 0.15) is 12.7 Å². The van der Waals surface area contributed by atoms with E-state index in [1.54, 1.807) is 0 Å².